The Morgan fingerprint density at radius 3 is 2.69 bits per heavy atom. The van der Waals surface area contributed by atoms with Crippen LogP contribution in [0.1, 0.15) is 48.0 Å². The zero-order valence-electron chi connectivity index (χ0n) is 15.2. The highest BCUT2D eigenvalue weighted by atomic mass is 35.5. The minimum Gasteiger partial charge on any atom is -0.349 e. The Labute approximate surface area is 165 Å². The van der Waals surface area contributed by atoms with E-state index < -0.39 is 0 Å². The van der Waals surface area contributed by atoms with Crippen LogP contribution in [0.2, 0.25) is 0 Å². The van der Waals surface area contributed by atoms with Crippen molar-refractivity contribution in [2.75, 3.05) is 23.4 Å². The van der Waals surface area contributed by atoms with E-state index >= 15 is 0 Å². The molecule has 0 spiro atoms. The van der Waals surface area contributed by atoms with Gasteiger partial charge in [-0.05, 0) is 43.5 Å². The second-order valence-corrected chi connectivity index (χ2v) is 8.11. The van der Waals surface area contributed by atoms with Crippen LogP contribution in [0.4, 0.5) is 5.69 Å². The Morgan fingerprint density at radius 1 is 1.27 bits per heavy atom. The van der Waals surface area contributed by atoms with E-state index in [0.29, 0.717) is 18.0 Å². The second-order valence-electron chi connectivity index (χ2n) is 6.96. The molecule has 1 aromatic carbocycles. The number of hydrogen-bond donors (Lipinski definition) is 3. The van der Waals surface area contributed by atoms with Crippen molar-refractivity contribution in [3.8, 4) is 0 Å². The molecule has 1 saturated carbocycles. The van der Waals surface area contributed by atoms with E-state index in [1.807, 2.05) is 30.8 Å². The average Bonchev–Trinajstić information content (AvgIpc) is 3.10. The van der Waals surface area contributed by atoms with Crippen LogP contribution in [0.5, 0.6) is 0 Å². The quantitative estimate of drug-likeness (QED) is 0.713. The number of nitrogens with one attached hydrogen (secondary N) is 3. The molecule has 5 nitrogen and oxygen atoms in total. The third-order valence-electron chi connectivity index (χ3n) is 4.88. The van der Waals surface area contributed by atoms with Crippen molar-refractivity contribution in [2.24, 2.45) is 0 Å². The van der Waals surface area contributed by atoms with Crippen LogP contribution in [0.25, 0.3) is 0 Å². The molecule has 1 aliphatic carbocycles. The van der Waals surface area contributed by atoms with E-state index in [1.165, 1.54) is 12.8 Å². The van der Waals surface area contributed by atoms with Gasteiger partial charge in [-0.15, -0.1) is 12.4 Å². The summed E-state index contributed by atoms with van der Waals surface area (Å²) in [5, 5.41) is 9.45. The van der Waals surface area contributed by atoms with Gasteiger partial charge >= 0.3 is 0 Å². The summed E-state index contributed by atoms with van der Waals surface area (Å²) < 4.78 is 0. The molecule has 144 valence electrons. The van der Waals surface area contributed by atoms with Gasteiger partial charge in [0.15, 0.2) is 0 Å². The van der Waals surface area contributed by atoms with Crippen molar-refractivity contribution < 1.29 is 9.59 Å². The summed E-state index contributed by atoms with van der Waals surface area (Å²) in [6.07, 6.45) is 5.03. The molecule has 1 atom stereocenters. The van der Waals surface area contributed by atoms with Crippen molar-refractivity contribution in [3.63, 3.8) is 0 Å². The average molecular weight is 398 g/mol. The van der Waals surface area contributed by atoms with Crippen molar-refractivity contribution in [1.82, 2.24) is 10.6 Å². The molecule has 1 saturated heterocycles. The van der Waals surface area contributed by atoms with Crippen molar-refractivity contribution in [3.05, 3.63) is 29.3 Å². The minimum absolute atomic E-state index is 0. The molecule has 1 heterocycles. The van der Waals surface area contributed by atoms with E-state index in [0.717, 1.165) is 42.1 Å². The van der Waals surface area contributed by atoms with Gasteiger partial charge in [0.2, 0.25) is 5.91 Å². The zero-order chi connectivity index (χ0) is 17.6. The fourth-order valence-corrected chi connectivity index (χ4v) is 4.41. The summed E-state index contributed by atoms with van der Waals surface area (Å²) in [6.45, 7) is 2.89. The molecule has 1 aliphatic heterocycles. The van der Waals surface area contributed by atoms with Gasteiger partial charge in [0.05, 0.1) is 0 Å². The number of halogens is 1. The third kappa shape index (κ3) is 5.89. The Kier molecular flexibility index (Phi) is 8.25. The van der Waals surface area contributed by atoms with Crippen LogP contribution in [0.3, 0.4) is 0 Å². The molecule has 1 unspecified atom stereocenters. The fourth-order valence-electron chi connectivity index (χ4n) is 3.46. The van der Waals surface area contributed by atoms with Crippen molar-refractivity contribution in [2.45, 2.75) is 51.1 Å². The number of carbonyl (C=O) groups is 2. The highest BCUT2D eigenvalue weighted by Crippen LogP contribution is 2.20. The topological polar surface area (TPSA) is 70.2 Å². The molecule has 26 heavy (non-hydrogen) atoms. The summed E-state index contributed by atoms with van der Waals surface area (Å²) in [6, 6.07) is 6.04. The number of rotatable bonds is 5. The van der Waals surface area contributed by atoms with Gasteiger partial charge in [0.1, 0.15) is 0 Å². The first-order chi connectivity index (χ1) is 12.1. The smallest absolute Gasteiger partial charge is 0.251 e. The molecule has 0 aromatic heterocycles. The number of aryl methyl sites for hydroxylation is 1. The van der Waals surface area contributed by atoms with E-state index in [9.17, 15) is 9.59 Å². The number of thioether (sulfide) groups is 1. The molecule has 0 bridgehead atoms. The lowest BCUT2D eigenvalue weighted by molar-refractivity contribution is -0.116. The lowest BCUT2D eigenvalue weighted by Crippen LogP contribution is -2.39. The van der Waals surface area contributed by atoms with Gasteiger partial charge in [-0.25, -0.2) is 0 Å². The van der Waals surface area contributed by atoms with Gasteiger partial charge < -0.3 is 16.0 Å². The Balaban J connectivity index is 0.00000243. The lowest BCUT2D eigenvalue weighted by Gasteiger charge is -2.22. The van der Waals surface area contributed by atoms with Gasteiger partial charge in [0.25, 0.3) is 5.91 Å². The van der Waals surface area contributed by atoms with Crippen LogP contribution in [0.15, 0.2) is 18.2 Å². The number of hydrogen-bond acceptors (Lipinski definition) is 4. The van der Waals surface area contributed by atoms with E-state index in [1.54, 1.807) is 6.07 Å². The minimum atomic E-state index is -0.0173. The molecule has 2 fully saturated rings. The van der Waals surface area contributed by atoms with E-state index in [4.69, 9.17) is 0 Å². The standard InChI is InChI=1S/C19H27N3O2S.ClH/c1-13-10-14(19(24)21-15-4-2-3-5-15)6-7-17(13)22-18(23)11-16-12-25-9-8-20-16;/h6-7,10,15-16,20H,2-5,8-9,11-12H2,1H3,(H,21,24)(H,22,23);1H. The predicted molar refractivity (Wildman–Crippen MR) is 111 cm³/mol. The molecular formula is C19H28ClN3O2S. The van der Waals surface area contributed by atoms with Crippen LogP contribution >= 0.6 is 24.2 Å². The maximum Gasteiger partial charge on any atom is 0.251 e. The van der Waals surface area contributed by atoms with Crippen molar-refractivity contribution in [1.29, 1.82) is 0 Å². The molecule has 2 amide bonds. The highest BCUT2D eigenvalue weighted by Gasteiger charge is 2.19. The summed E-state index contributed by atoms with van der Waals surface area (Å²) in [5.74, 6) is 2.09. The molecular weight excluding hydrogens is 370 g/mol. The largest absolute Gasteiger partial charge is 0.349 e. The Morgan fingerprint density at radius 2 is 2.04 bits per heavy atom. The molecule has 3 rings (SSSR count). The maximum atomic E-state index is 12.3. The summed E-state index contributed by atoms with van der Waals surface area (Å²) >= 11 is 1.89. The zero-order valence-corrected chi connectivity index (χ0v) is 16.8. The van der Waals surface area contributed by atoms with Crippen molar-refractivity contribution >= 4 is 41.7 Å². The number of carbonyl (C=O) groups excluding carboxylic acids is 2. The summed E-state index contributed by atoms with van der Waals surface area (Å²) in [7, 11) is 0. The lowest BCUT2D eigenvalue weighted by atomic mass is 10.1. The predicted octanol–water partition coefficient (Wildman–Crippen LogP) is 3.12. The normalized spacial score (nSPS) is 20.3. The van der Waals surface area contributed by atoms with Gasteiger partial charge in [-0.3, -0.25) is 9.59 Å². The van der Waals surface area contributed by atoms with Gasteiger partial charge in [-0.1, -0.05) is 12.8 Å². The SMILES string of the molecule is Cc1cc(C(=O)NC2CCCC2)ccc1NC(=O)CC1CSCCN1.Cl. The number of amides is 2. The summed E-state index contributed by atoms with van der Waals surface area (Å²) in [5.41, 5.74) is 2.36. The highest BCUT2D eigenvalue weighted by molar-refractivity contribution is 7.99. The first-order valence-electron chi connectivity index (χ1n) is 9.14. The number of benzene rings is 1. The Hall–Kier alpha value is -1.24. The molecule has 7 heteroatoms. The third-order valence-corrected chi connectivity index (χ3v) is 6.01. The van der Waals surface area contributed by atoms with E-state index in [2.05, 4.69) is 16.0 Å². The first-order valence-corrected chi connectivity index (χ1v) is 10.3. The van der Waals surface area contributed by atoms with Gasteiger partial charge in [0, 0.05) is 47.8 Å². The molecule has 1 aromatic rings. The summed E-state index contributed by atoms with van der Waals surface area (Å²) in [4.78, 5) is 24.6. The van der Waals surface area contributed by atoms with Crippen LogP contribution in [-0.2, 0) is 4.79 Å². The monoisotopic (exact) mass is 397 g/mol. The molecule has 3 N–H and O–H groups in total. The molecule has 2 aliphatic rings. The fraction of sp³-hybridized carbons (Fsp3) is 0.579. The molecule has 0 radical (unpaired) electrons. The van der Waals surface area contributed by atoms with Crippen LogP contribution in [-0.4, -0.2) is 41.9 Å². The number of anilines is 1. The Bertz CT molecular complexity index is 629. The van der Waals surface area contributed by atoms with E-state index in [-0.39, 0.29) is 30.3 Å². The maximum absolute atomic E-state index is 12.3. The van der Waals surface area contributed by atoms with Gasteiger partial charge in [-0.2, -0.15) is 11.8 Å². The first kappa shape index (κ1) is 21.1. The second kappa shape index (κ2) is 10.2. The van der Waals surface area contributed by atoms with Crippen LogP contribution in [0, 0.1) is 6.92 Å². The van der Waals surface area contributed by atoms with Crippen LogP contribution < -0.4 is 16.0 Å².